The minimum Gasteiger partial charge on any atom is -0.445 e. The van der Waals surface area contributed by atoms with E-state index in [1.165, 1.54) is 0 Å². The van der Waals surface area contributed by atoms with Crippen LogP contribution in [0.3, 0.4) is 0 Å². The molecule has 2 aromatic carbocycles. The third kappa shape index (κ3) is 3.28. The first-order chi connectivity index (χ1) is 13.1. The number of hydrogen-bond acceptors (Lipinski definition) is 4. The van der Waals surface area contributed by atoms with Crippen LogP contribution in [0.4, 0.5) is 4.79 Å². The number of ketones is 2. The number of carbonyl (C=O) groups excluding carboxylic acids is 3. The summed E-state index contributed by atoms with van der Waals surface area (Å²) < 4.78 is 5.26. The molecule has 1 N–H and O–H groups in total. The van der Waals surface area contributed by atoms with Crippen LogP contribution in [-0.4, -0.2) is 23.7 Å². The molecule has 0 radical (unpaired) electrons. The van der Waals surface area contributed by atoms with E-state index in [-0.39, 0.29) is 18.2 Å². The molecule has 0 fully saturated rings. The molecular weight excluding hydrogens is 342 g/mol. The zero-order valence-corrected chi connectivity index (χ0v) is 14.6. The van der Waals surface area contributed by atoms with Crippen molar-refractivity contribution in [2.75, 3.05) is 0 Å². The van der Waals surface area contributed by atoms with Crippen LogP contribution in [0.25, 0.3) is 0 Å². The smallest absolute Gasteiger partial charge is 0.407 e. The maximum Gasteiger partial charge on any atom is 0.407 e. The summed E-state index contributed by atoms with van der Waals surface area (Å²) >= 11 is 0. The van der Waals surface area contributed by atoms with Crippen LogP contribution in [0.1, 0.15) is 32.7 Å². The zero-order valence-electron chi connectivity index (χ0n) is 14.6. The van der Waals surface area contributed by atoms with Gasteiger partial charge in [-0.1, -0.05) is 66.7 Å². The first-order valence-electron chi connectivity index (χ1n) is 8.96. The lowest BCUT2D eigenvalue weighted by Crippen LogP contribution is -2.51. The van der Waals surface area contributed by atoms with Gasteiger partial charge in [-0.3, -0.25) is 9.59 Å². The van der Waals surface area contributed by atoms with Gasteiger partial charge >= 0.3 is 6.09 Å². The largest absolute Gasteiger partial charge is 0.445 e. The highest BCUT2D eigenvalue weighted by Crippen LogP contribution is 2.37. The second-order valence-electron chi connectivity index (χ2n) is 6.80. The second-order valence-corrected chi connectivity index (χ2v) is 6.80. The molecule has 5 heteroatoms. The summed E-state index contributed by atoms with van der Waals surface area (Å²) in [5.41, 5.74) is 1.79. The number of carbonyl (C=O) groups is 3. The Kier molecular flexibility index (Phi) is 4.59. The van der Waals surface area contributed by atoms with E-state index < -0.39 is 24.0 Å². The normalized spacial score (nSPS) is 23.3. The number of allylic oxidation sites excluding steroid dienone is 1. The predicted molar refractivity (Wildman–Crippen MR) is 99.4 cm³/mol. The van der Waals surface area contributed by atoms with Crippen LogP contribution in [0, 0.1) is 11.8 Å². The number of amides is 1. The molecule has 2 aliphatic rings. The molecule has 1 amide bonds. The fourth-order valence-corrected chi connectivity index (χ4v) is 3.84. The number of fused-ring (bicyclic) bond motifs is 2. The molecule has 0 aromatic heterocycles. The van der Waals surface area contributed by atoms with Gasteiger partial charge in [-0.2, -0.15) is 0 Å². The highest BCUT2D eigenvalue weighted by atomic mass is 16.5. The van der Waals surface area contributed by atoms with Crippen molar-refractivity contribution >= 4 is 17.7 Å². The second kappa shape index (κ2) is 7.19. The lowest BCUT2D eigenvalue weighted by molar-refractivity contribution is 0.0690. The molecule has 0 bridgehead atoms. The van der Waals surface area contributed by atoms with Crippen molar-refractivity contribution in [2.24, 2.45) is 11.8 Å². The van der Waals surface area contributed by atoms with Crippen LogP contribution in [0.5, 0.6) is 0 Å². The average Bonchev–Trinajstić information content (AvgIpc) is 2.71. The van der Waals surface area contributed by atoms with Gasteiger partial charge in [-0.25, -0.2) is 4.79 Å². The Balaban J connectivity index is 1.50. The lowest BCUT2D eigenvalue weighted by Gasteiger charge is -2.36. The van der Waals surface area contributed by atoms with Crippen LogP contribution < -0.4 is 5.32 Å². The molecule has 0 heterocycles. The Labute approximate surface area is 157 Å². The van der Waals surface area contributed by atoms with Crippen LogP contribution in [-0.2, 0) is 11.3 Å². The Hall–Kier alpha value is -3.21. The van der Waals surface area contributed by atoms with Crippen molar-refractivity contribution in [2.45, 2.75) is 19.1 Å². The van der Waals surface area contributed by atoms with Gasteiger partial charge in [0, 0.05) is 17.0 Å². The van der Waals surface area contributed by atoms with E-state index in [0.29, 0.717) is 17.5 Å². The standard InChI is InChI=1S/C22H19NO4/c24-20-15-9-4-5-10-16(15)21(25)19-17(20)11-6-12-18(19)23-22(26)27-13-14-7-2-1-3-8-14/h1-10,12,17-19H,11,13H2,(H,23,26). The van der Waals surface area contributed by atoms with Crippen molar-refractivity contribution in [3.63, 3.8) is 0 Å². The third-order valence-corrected chi connectivity index (χ3v) is 5.15. The first-order valence-corrected chi connectivity index (χ1v) is 8.96. The number of alkyl carbamates (subject to hydrolysis) is 1. The summed E-state index contributed by atoms with van der Waals surface area (Å²) in [5, 5.41) is 2.75. The first kappa shape index (κ1) is 17.2. The van der Waals surface area contributed by atoms with Gasteiger partial charge in [0.25, 0.3) is 0 Å². The Morgan fingerprint density at radius 2 is 1.63 bits per heavy atom. The fourth-order valence-electron chi connectivity index (χ4n) is 3.84. The van der Waals surface area contributed by atoms with Crippen molar-refractivity contribution < 1.29 is 19.1 Å². The summed E-state index contributed by atoms with van der Waals surface area (Å²) in [6, 6.07) is 15.7. The molecule has 0 aliphatic heterocycles. The molecule has 5 nitrogen and oxygen atoms in total. The van der Waals surface area contributed by atoms with E-state index in [1.807, 2.05) is 36.4 Å². The monoisotopic (exact) mass is 361 g/mol. The Morgan fingerprint density at radius 3 is 2.37 bits per heavy atom. The lowest BCUT2D eigenvalue weighted by atomic mass is 9.67. The molecule has 2 aromatic rings. The topological polar surface area (TPSA) is 72.5 Å². The van der Waals surface area contributed by atoms with E-state index in [9.17, 15) is 14.4 Å². The summed E-state index contributed by atoms with van der Waals surface area (Å²) in [5.74, 6) is -1.18. The average molecular weight is 361 g/mol. The SMILES string of the molecule is O=C(NC1C=CCC2C(=O)c3ccccc3C(=O)C12)OCc1ccccc1. The van der Waals surface area contributed by atoms with Crippen molar-refractivity contribution in [1.82, 2.24) is 5.32 Å². The van der Waals surface area contributed by atoms with Crippen molar-refractivity contribution in [3.05, 3.63) is 83.4 Å². The van der Waals surface area contributed by atoms with Gasteiger partial charge < -0.3 is 10.1 Å². The van der Waals surface area contributed by atoms with Crippen LogP contribution >= 0.6 is 0 Å². The van der Waals surface area contributed by atoms with E-state index in [4.69, 9.17) is 4.74 Å². The zero-order chi connectivity index (χ0) is 18.8. The van der Waals surface area contributed by atoms with Crippen LogP contribution in [0.15, 0.2) is 66.7 Å². The number of rotatable bonds is 3. The molecule has 2 aliphatic carbocycles. The number of benzene rings is 2. The number of nitrogens with one attached hydrogen (secondary N) is 1. The van der Waals surface area contributed by atoms with E-state index >= 15 is 0 Å². The van der Waals surface area contributed by atoms with E-state index in [0.717, 1.165) is 5.56 Å². The molecule has 136 valence electrons. The van der Waals surface area contributed by atoms with Gasteiger partial charge in [-0.15, -0.1) is 0 Å². The Bertz CT molecular complexity index is 919. The van der Waals surface area contributed by atoms with E-state index in [2.05, 4.69) is 5.32 Å². The highest BCUT2D eigenvalue weighted by molar-refractivity contribution is 6.16. The fraction of sp³-hybridized carbons (Fsp3) is 0.227. The number of hydrogen-bond donors (Lipinski definition) is 1. The van der Waals surface area contributed by atoms with E-state index in [1.54, 1.807) is 30.3 Å². The molecule has 3 atom stereocenters. The van der Waals surface area contributed by atoms with Crippen molar-refractivity contribution in [3.8, 4) is 0 Å². The summed E-state index contributed by atoms with van der Waals surface area (Å²) in [6.07, 6.45) is 3.53. The highest BCUT2D eigenvalue weighted by Gasteiger charge is 2.46. The predicted octanol–water partition coefficient (Wildman–Crippen LogP) is 3.55. The molecule has 3 unspecified atom stereocenters. The van der Waals surface area contributed by atoms with Gasteiger partial charge in [0.1, 0.15) is 6.61 Å². The Morgan fingerprint density at radius 1 is 0.963 bits per heavy atom. The maximum absolute atomic E-state index is 13.0. The third-order valence-electron chi connectivity index (χ3n) is 5.15. The maximum atomic E-state index is 13.0. The molecular formula is C22H19NO4. The number of Topliss-reactive ketones (excluding diaryl/α,β-unsaturated/α-hetero) is 2. The molecule has 0 saturated heterocycles. The van der Waals surface area contributed by atoms with Gasteiger partial charge in [0.05, 0.1) is 12.0 Å². The molecule has 4 rings (SSSR count). The van der Waals surface area contributed by atoms with Gasteiger partial charge in [-0.05, 0) is 12.0 Å². The summed E-state index contributed by atoms with van der Waals surface area (Å²) in [6.45, 7) is 0.146. The molecule has 0 spiro atoms. The quantitative estimate of drug-likeness (QED) is 0.849. The summed E-state index contributed by atoms with van der Waals surface area (Å²) in [4.78, 5) is 38.0. The minimum absolute atomic E-state index is 0.0380. The van der Waals surface area contributed by atoms with Gasteiger partial charge in [0.2, 0.25) is 0 Å². The van der Waals surface area contributed by atoms with Gasteiger partial charge in [0.15, 0.2) is 11.6 Å². The molecule has 0 saturated carbocycles. The van der Waals surface area contributed by atoms with Crippen LogP contribution in [0.2, 0.25) is 0 Å². The van der Waals surface area contributed by atoms with Crippen molar-refractivity contribution in [1.29, 1.82) is 0 Å². The molecule has 27 heavy (non-hydrogen) atoms. The summed E-state index contributed by atoms with van der Waals surface area (Å²) in [7, 11) is 0. The minimum atomic E-state index is -0.603. The number of ether oxygens (including phenoxy) is 1.